The third-order valence-corrected chi connectivity index (χ3v) is 4.75. The number of carbonyl (C=O) groups excluding carboxylic acids is 1. The molecule has 0 saturated heterocycles. The fourth-order valence-electron chi connectivity index (χ4n) is 3.21. The van der Waals surface area contributed by atoms with Gasteiger partial charge in [-0.2, -0.15) is 5.10 Å². The SMILES string of the molecule is CCOc1ccccc1NC(=O)c1cnn2c(C(F)F)cc(-c3ccc(C)cc3)nc12. The van der Waals surface area contributed by atoms with E-state index in [1.54, 1.807) is 36.4 Å². The summed E-state index contributed by atoms with van der Waals surface area (Å²) in [7, 11) is 0. The molecule has 4 aromatic rings. The largest absolute Gasteiger partial charge is 0.492 e. The molecule has 0 aliphatic carbocycles. The van der Waals surface area contributed by atoms with Crippen molar-refractivity contribution in [3.05, 3.63) is 77.6 Å². The van der Waals surface area contributed by atoms with Crippen molar-refractivity contribution in [3.63, 3.8) is 0 Å². The van der Waals surface area contributed by atoms with E-state index in [0.717, 1.165) is 10.1 Å². The van der Waals surface area contributed by atoms with Gasteiger partial charge < -0.3 is 10.1 Å². The number of alkyl halides is 2. The summed E-state index contributed by atoms with van der Waals surface area (Å²) in [5.41, 5.74) is 2.32. The van der Waals surface area contributed by atoms with Gasteiger partial charge >= 0.3 is 0 Å². The molecule has 4 rings (SSSR count). The van der Waals surface area contributed by atoms with Crippen LogP contribution in [0.25, 0.3) is 16.9 Å². The highest BCUT2D eigenvalue weighted by Crippen LogP contribution is 2.28. The van der Waals surface area contributed by atoms with Crippen molar-refractivity contribution < 1.29 is 18.3 Å². The molecule has 0 radical (unpaired) electrons. The summed E-state index contributed by atoms with van der Waals surface area (Å²) in [5, 5.41) is 6.75. The maximum absolute atomic E-state index is 13.7. The molecule has 0 saturated carbocycles. The molecule has 8 heteroatoms. The maximum Gasteiger partial charge on any atom is 0.280 e. The van der Waals surface area contributed by atoms with Crippen LogP contribution in [0.2, 0.25) is 0 Å². The molecule has 0 fully saturated rings. The third kappa shape index (κ3) is 4.09. The monoisotopic (exact) mass is 422 g/mol. The fourth-order valence-corrected chi connectivity index (χ4v) is 3.21. The zero-order valence-electron chi connectivity index (χ0n) is 17.0. The third-order valence-electron chi connectivity index (χ3n) is 4.75. The van der Waals surface area contributed by atoms with Gasteiger partial charge in [-0.15, -0.1) is 0 Å². The van der Waals surface area contributed by atoms with Crippen LogP contribution in [0.3, 0.4) is 0 Å². The number of para-hydroxylation sites is 2. The molecule has 1 amide bonds. The minimum Gasteiger partial charge on any atom is -0.492 e. The number of hydrogen-bond acceptors (Lipinski definition) is 4. The van der Waals surface area contributed by atoms with Crippen LogP contribution in [0.1, 0.15) is 35.0 Å². The lowest BCUT2D eigenvalue weighted by molar-refractivity contribution is 0.102. The fraction of sp³-hybridized carbons (Fsp3) is 0.174. The van der Waals surface area contributed by atoms with Crippen molar-refractivity contribution >= 4 is 17.2 Å². The van der Waals surface area contributed by atoms with E-state index in [1.807, 2.05) is 26.0 Å². The summed E-state index contributed by atoms with van der Waals surface area (Å²) in [6.07, 6.45) is -1.55. The molecule has 0 aliphatic rings. The molecule has 158 valence electrons. The smallest absolute Gasteiger partial charge is 0.280 e. The van der Waals surface area contributed by atoms with E-state index >= 15 is 0 Å². The van der Waals surface area contributed by atoms with Crippen molar-refractivity contribution in [2.24, 2.45) is 0 Å². The Morgan fingerprint density at radius 1 is 1.16 bits per heavy atom. The number of amides is 1. The lowest BCUT2D eigenvalue weighted by Gasteiger charge is -2.11. The van der Waals surface area contributed by atoms with E-state index in [-0.39, 0.29) is 16.9 Å². The summed E-state index contributed by atoms with van der Waals surface area (Å²) in [6, 6.07) is 15.6. The lowest BCUT2D eigenvalue weighted by atomic mass is 10.1. The Morgan fingerprint density at radius 2 is 1.90 bits per heavy atom. The predicted molar refractivity (Wildman–Crippen MR) is 114 cm³/mol. The number of nitrogens with one attached hydrogen (secondary N) is 1. The van der Waals surface area contributed by atoms with E-state index < -0.39 is 12.3 Å². The summed E-state index contributed by atoms with van der Waals surface area (Å²) < 4.78 is 34.0. The van der Waals surface area contributed by atoms with Gasteiger partial charge in [0.25, 0.3) is 12.3 Å². The van der Waals surface area contributed by atoms with Crippen LogP contribution in [-0.4, -0.2) is 27.1 Å². The number of aromatic nitrogens is 3. The zero-order valence-corrected chi connectivity index (χ0v) is 17.0. The minimum atomic E-state index is -2.79. The van der Waals surface area contributed by atoms with E-state index in [4.69, 9.17) is 4.74 Å². The van der Waals surface area contributed by atoms with Crippen LogP contribution in [0, 0.1) is 6.92 Å². The van der Waals surface area contributed by atoms with Crippen molar-refractivity contribution in [2.45, 2.75) is 20.3 Å². The molecule has 2 aromatic carbocycles. The van der Waals surface area contributed by atoms with Gasteiger partial charge in [-0.3, -0.25) is 4.79 Å². The number of fused-ring (bicyclic) bond motifs is 1. The molecule has 31 heavy (non-hydrogen) atoms. The summed E-state index contributed by atoms with van der Waals surface area (Å²) in [6.45, 7) is 4.21. The van der Waals surface area contributed by atoms with Crippen LogP contribution in [0.4, 0.5) is 14.5 Å². The van der Waals surface area contributed by atoms with Crippen molar-refractivity contribution in [1.29, 1.82) is 0 Å². The van der Waals surface area contributed by atoms with Crippen molar-refractivity contribution in [1.82, 2.24) is 14.6 Å². The molecular formula is C23H20F2N4O2. The number of aryl methyl sites for hydroxylation is 1. The van der Waals surface area contributed by atoms with Gasteiger partial charge in [0, 0.05) is 5.56 Å². The molecular weight excluding hydrogens is 402 g/mol. The van der Waals surface area contributed by atoms with Crippen LogP contribution >= 0.6 is 0 Å². The number of benzene rings is 2. The Balaban J connectivity index is 1.78. The van der Waals surface area contributed by atoms with Gasteiger partial charge in [0.15, 0.2) is 5.65 Å². The van der Waals surface area contributed by atoms with Crippen LogP contribution in [0.5, 0.6) is 5.75 Å². The highest BCUT2D eigenvalue weighted by atomic mass is 19.3. The van der Waals surface area contributed by atoms with Gasteiger partial charge in [0.05, 0.1) is 24.2 Å². The summed E-state index contributed by atoms with van der Waals surface area (Å²) in [5.74, 6) is -0.00711. The van der Waals surface area contributed by atoms with Gasteiger partial charge in [-0.25, -0.2) is 18.3 Å². The number of ether oxygens (including phenoxy) is 1. The molecule has 2 heterocycles. The van der Waals surface area contributed by atoms with Crippen molar-refractivity contribution in [2.75, 3.05) is 11.9 Å². The van der Waals surface area contributed by atoms with Crippen LogP contribution in [0.15, 0.2) is 60.8 Å². The average Bonchev–Trinajstić information content (AvgIpc) is 3.19. The number of hydrogen-bond donors (Lipinski definition) is 1. The van der Waals surface area contributed by atoms with Gasteiger partial charge in [0.2, 0.25) is 0 Å². The van der Waals surface area contributed by atoms with Crippen molar-refractivity contribution in [3.8, 4) is 17.0 Å². The highest BCUT2D eigenvalue weighted by Gasteiger charge is 2.22. The second-order valence-corrected chi connectivity index (χ2v) is 6.91. The number of carbonyl (C=O) groups is 1. The normalized spacial score (nSPS) is 11.1. The topological polar surface area (TPSA) is 68.5 Å². The second kappa shape index (κ2) is 8.51. The second-order valence-electron chi connectivity index (χ2n) is 6.91. The van der Waals surface area contributed by atoms with Gasteiger partial charge in [-0.05, 0) is 32.0 Å². The molecule has 0 aliphatic heterocycles. The predicted octanol–water partition coefficient (Wildman–Crippen LogP) is 5.29. The molecule has 0 bridgehead atoms. The minimum absolute atomic E-state index is 0.0553. The summed E-state index contributed by atoms with van der Waals surface area (Å²) >= 11 is 0. The molecule has 0 unspecified atom stereocenters. The zero-order chi connectivity index (χ0) is 22.0. The first kappa shape index (κ1) is 20.5. The Morgan fingerprint density at radius 3 is 2.61 bits per heavy atom. The average molecular weight is 422 g/mol. The maximum atomic E-state index is 13.7. The first-order valence-electron chi connectivity index (χ1n) is 9.75. The van der Waals surface area contributed by atoms with Gasteiger partial charge in [-0.1, -0.05) is 42.0 Å². The Kier molecular flexibility index (Phi) is 5.62. The van der Waals surface area contributed by atoms with E-state index in [1.165, 1.54) is 12.3 Å². The van der Waals surface area contributed by atoms with E-state index in [2.05, 4.69) is 15.4 Å². The first-order chi connectivity index (χ1) is 15.0. The number of anilines is 1. The Labute approximate surface area is 177 Å². The Hall–Kier alpha value is -3.81. The quantitative estimate of drug-likeness (QED) is 0.458. The molecule has 1 N–H and O–H groups in total. The molecule has 6 nitrogen and oxygen atoms in total. The molecule has 2 aromatic heterocycles. The van der Waals surface area contributed by atoms with Gasteiger partial charge in [0.1, 0.15) is 17.0 Å². The van der Waals surface area contributed by atoms with Crippen LogP contribution < -0.4 is 10.1 Å². The lowest BCUT2D eigenvalue weighted by Crippen LogP contribution is -2.13. The standard InChI is InChI=1S/C23H20F2N4O2/c1-3-31-20-7-5-4-6-17(20)28-23(30)16-13-26-29-19(21(24)25)12-18(27-22(16)29)15-10-8-14(2)9-11-15/h4-13,21H,3H2,1-2H3,(H,28,30). The number of nitrogens with zero attached hydrogens (tertiary/aromatic N) is 3. The first-order valence-corrected chi connectivity index (χ1v) is 9.75. The van der Waals surface area contributed by atoms with E-state index in [0.29, 0.717) is 29.3 Å². The Bertz CT molecular complexity index is 1240. The number of rotatable bonds is 6. The molecule has 0 spiro atoms. The number of halogens is 2. The van der Waals surface area contributed by atoms with Crippen LogP contribution in [-0.2, 0) is 0 Å². The highest BCUT2D eigenvalue weighted by molar-refractivity contribution is 6.08. The summed E-state index contributed by atoms with van der Waals surface area (Å²) in [4.78, 5) is 17.4. The van der Waals surface area contributed by atoms with E-state index in [9.17, 15) is 13.6 Å². The molecule has 0 atom stereocenters.